The number of carbonyl (C=O) groups excluding carboxylic acids is 2. The lowest BCUT2D eigenvalue weighted by atomic mass is 9.95. The minimum Gasteiger partial charge on any atom is -0.484 e. The van der Waals surface area contributed by atoms with E-state index in [1.165, 1.54) is 12.0 Å². The minimum atomic E-state index is -0.586. The van der Waals surface area contributed by atoms with Crippen molar-refractivity contribution in [2.75, 3.05) is 6.61 Å². The Morgan fingerprint density at radius 3 is 2.35 bits per heavy atom. The molecule has 3 rings (SSSR count). The fraction of sp³-hybridized carbons (Fsp3) is 0.500. The van der Waals surface area contributed by atoms with Crippen LogP contribution in [0.1, 0.15) is 76.3 Å². The maximum Gasteiger partial charge on any atom is 0.261 e. The molecule has 0 aromatic heterocycles. The predicted octanol–water partition coefficient (Wildman–Crippen LogP) is 6.10. The van der Waals surface area contributed by atoms with Crippen LogP contribution in [0, 0.1) is 0 Å². The van der Waals surface area contributed by atoms with E-state index in [0.717, 1.165) is 31.2 Å². The summed E-state index contributed by atoms with van der Waals surface area (Å²) >= 11 is 6.40. The van der Waals surface area contributed by atoms with Crippen molar-refractivity contribution in [3.8, 4) is 5.75 Å². The molecule has 1 N–H and O–H groups in total. The predicted molar refractivity (Wildman–Crippen MR) is 137 cm³/mol. The molecule has 1 aliphatic rings. The van der Waals surface area contributed by atoms with E-state index in [1.54, 1.807) is 11.0 Å². The highest BCUT2D eigenvalue weighted by atomic mass is 35.5. The van der Waals surface area contributed by atoms with E-state index in [9.17, 15) is 9.59 Å². The highest BCUT2D eigenvalue weighted by Crippen LogP contribution is 2.22. The largest absolute Gasteiger partial charge is 0.484 e. The number of halogens is 1. The molecule has 2 aromatic rings. The smallest absolute Gasteiger partial charge is 0.261 e. The molecule has 5 nitrogen and oxygen atoms in total. The fourth-order valence-corrected chi connectivity index (χ4v) is 4.65. The van der Waals surface area contributed by atoms with Gasteiger partial charge in [0.15, 0.2) is 6.61 Å². The van der Waals surface area contributed by atoms with Crippen molar-refractivity contribution >= 4 is 23.4 Å². The Labute approximate surface area is 208 Å². The Morgan fingerprint density at radius 2 is 1.74 bits per heavy atom. The van der Waals surface area contributed by atoms with Gasteiger partial charge in [0, 0.05) is 17.6 Å². The average Bonchev–Trinajstić information content (AvgIpc) is 2.84. The summed E-state index contributed by atoms with van der Waals surface area (Å²) in [5.41, 5.74) is 2.02. The molecule has 2 amide bonds. The number of amides is 2. The van der Waals surface area contributed by atoms with Gasteiger partial charge in [-0.2, -0.15) is 0 Å². The van der Waals surface area contributed by atoms with Gasteiger partial charge in [-0.05, 0) is 54.5 Å². The number of nitrogens with zero attached hydrogens (tertiary/aromatic N) is 1. The van der Waals surface area contributed by atoms with Gasteiger partial charge in [0.25, 0.3) is 5.91 Å². The van der Waals surface area contributed by atoms with Crippen LogP contribution in [0.2, 0.25) is 5.02 Å². The van der Waals surface area contributed by atoms with E-state index < -0.39 is 6.04 Å². The summed E-state index contributed by atoms with van der Waals surface area (Å²) in [6, 6.07) is 14.8. The lowest BCUT2D eigenvalue weighted by Crippen LogP contribution is -2.52. The third-order valence-electron chi connectivity index (χ3n) is 6.55. The zero-order valence-corrected chi connectivity index (χ0v) is 21.3. The van der Waals surface area contributed by atoms with Crippen LogP contribution < -0.4 is 10.1 Å². The van der Waals surface area contributed by atoms with E-state index in [0.29, 0.717) is 23.1 Å². The number of ether oxygens (including phenoxy) is 1. The Balaban J connectivity index is 1.74. The van der Waals surface area contributed by atoms with Gasteiger partial charge in [-0.25, -0.2) is 0 Å². The van der Waals surface area contributed by atoms with Crippen molar-refractivity contribution in [1.82, 2.24) is 10.2 Å². The van der Waals surface area contributed by atoms with E-state index in [1.807, 2.05) is 49.4 Å². The molecule has 1 fully saturated rings. The quantitative estimate of drug-likeness (QED) is 0.443. The van der Waals surface area contributed by atoms with E-state index >= 15 is 0 Å². The van der Waals surface area contributed by atoms with Gasteiger partial charge in [0.05, 0.1) is 0 Å². The number of benzene rings is 2. The summed E-state index contributed by atoms with van der Waals surface area (Å²) < 4.78 is 5.82. The second-order valence-corrected chi connectivity index (χ2v) is 9.80. The third-order valence-corrected chi connectivity index (χ3v) is 6.91. The van der Waals surface area contributed by atoms with Crippen LogP contribution in [0.5, 0.6) is 5.75 Å². The van der Waals surface area contributed by atoms with Gasteiger partial charge in [0.1, 0.15) is 11.8 Å². The van der Waals surface area contributed by atoms with Crippen molar-refractivity contribution in [3.05, 3.63) is 64.7 Å². The molecule has 2 aromatic carbocycles. The molecule has 1 aliphatic carbocycles. The van der Waals surface area contributed by atoms with Crippen LogP contribution in [0.15, 0.2) is 48.5 Å². The number of carbonyl (C=O) groups is 2. The lowest BCUT2D eigenvalue weighted by molar-refractivity contribution is -0.143. The van der Waals surface area contributed by atoms with Gasteiger partial charge in [-0.3, -0.25) is 9.59 Å². The topological polar surface area (TPSA) is 58.6 Å². The summed E-state index contributed by atoms with van der Waals surface area (Å²) in [5, 5.41) is 3.77. The molecule has 0 heterocycles. The van der Waals surface area contributed by atoms with Gasteiger partial charge >= 0.3 is 0 Å². The molecular weight excluding hydrogens is 448 g/mol. The molecule has 1 unspecified atom stereocenters. The Hall–Kier alpha value is -2.53. The Morgan fingerprint density at radius 1 is 1.06 bits per heavy atom. The molecule has 0 bridgehead atoms. The maximum absolute atomic E-state index is 13.4. The first-order valence-corrected chi connectivity index (χ1v) is 12.8. The average molecular weight is 485 g/mol. The van der Waals surface area contributed by atoms with Crippen molar-refractivity contribution < 1.29 is 14.3 Å². The van der Waals surface area contributed by atoms with Crippen LogP contribution in [0.4, 0.5) is 0 Å². The summed E-state index contributed by atoms with van der Waals surface area (Å²) in [6.45, 7) is 6.32. The third kappa shape index (κ3) is 7.23. The van der Waals surface area contributed by atoms with Crippen LogP contribution in [-0.4, -0.2) is 35.4 Å². The van der Waals surface area contributed by atoms with Crippen LogP contribution >= 0.6 is 11.6 Å². The fourth-order valence-electron chi connectivity index (χ4n) is 4.45. The Bertz CT molecular complexity index is 939. The molecule has 6 heteroatoms. The molecular formula is C28H37ClN2O3. The van der Waals surface area contributed by atoms with Gasteiger partial charge in [-0.15, -0.1) is 0 Å². The second-order valence-electron chi connectivity index (χ2n) is 9.39. The first-order valence-electron chi connectivity index (χ1n) is 12.4. The van der Waals surface area contributed by atoms with Gasteiger partial charge < -0.3 is 15.0 Å². The van der Waals surface area contributed by atoms with Crippen molar-refractivity contribution in [3.63, 3.8) is 0 Å². The van der Waals surface area contributed by atoms with Crippen molar-refractivity contribution in [2.24, 2.45) is 0 Å². The molecule has 34 heavy (non-hydrogen) atoms. The highest BCUT2D eigenvalue weighted by Gasteiger charge is 2.31. The number of hydrogen-bond acceptors (Lipinski definition) is 3. The van der Waals surface area contributed by atoms with Crippen molar-refractivity contribution in [2.45, 2.75) is 83.8 Å². The van der Waals surface area contributed by atoms with Crippen LogP contribution in [-0.2, 0) is 16.1 Å². The second kappa shape index (κ2) is 12.8. The van der Waals surface area contributed by atoms with Gasteiger partial charge in [-0.1, -0.05) is 82.0 Å². The zero-order valence-electron chi connectivity index (χ0n) is 20.6. The molecule has 0 spiro atoms. The van der Waals surface area contributed by atoms with Crippen LogP contribution in [0.25, 0.3) is 0 Å². The zero-order chi connectivity index (χ0) is 24.5. The minimum absolute atomic E-state index is 0.101. The van der Waals surface area contributed by atoms with E-state index in [-0.39, 0.29) is 31.0 Å². The first-order chi connectivity index (χ1) is 16.4. The number of hydrogen-bond donors (Lipinski definition) is 1. The molecule has 0 radical (unpaired) electrons. The summed E-state index contributed by atoms with van der Waals surface area (Å²) in [7, 11) is 0. The number of nitrogens with one attached hydrogen (secondary N) is 1. The molecule has 1 atom stereocenters. The molecule has 0 aliphatic heterocycles. The summed E-state index contributed by atoms with van der Waals surface area (Å²) in [5.74, 6) is 0.722. The molecule has 0 saturated heterocycles. The maximum atomic E-state index is 13.4. The first kappa shape index (κ1) is 26.1. The monoisotopic (exact) mass is 484 g/mol. The molecule has 1 saturated carbocycles. The lowest BCUT2D eigenvalue weighted by Gasteiger charge is -2.33. The van der Waals surface area contributed by atoms with Crippen molar-refractivity contribution in [1.29, 1.82) is 0 Å². The Kier molecular flexibility index (Phi) is 9.82. The van der Waals surface area contributed by atoms with Gasteiger partial charge in [0.2, 0.25) is 5.91 Å². The highest BCUT2D eigenvalue weighted by molar-refractivity contribution is 6.31. The summed E-state index contributed by atoms with van der Waals surface area (Å²) in [6.07, 6.45) is 5.99. The molecule has 184 valence electrons. The van der Waals surface area contributed by atoms with E-state index in [2.05, 4.69) is 19.2 Å². The standard InChI is InChI=1S/C28H37ClN2O3/c1-4-26(28(33)30-23-11-6-5-7-12-23)31(18-22-10-8-9-13-25(22)29)27(32)19-34-24-16-14-21(15-17-24)20(2)3/h8-10,13-17,20,23,26H,4-7,11-12,18-19H2,1-3H3,(H,30,33). The SMILES string of the molecule is CCC(C(=O)NC1CCCCC1)N(Cc1ccccc1Cl)C(=O)COc1ccc(C(C)C)cc1. The number of rotatable bonds is 10. The summed E-state index contributed by atoms with van der Waals surface area (Å²) in [4.78, 5) is 28.3. The van der Waals surface area contributed by atoms with Crippen LogP contribution in [0.3, 0.4) is 0 Å². The van der Waals surface area contributed by atoms with E-state index in [4.69, 9.17) is 16.3 Å². The normalized spacial score (nSPS) is 15.1.